The van der Waals surface area contributed by atoms with Gasteiger partial charge in [-0.25, -0.2) is 19.6 Å². The van der Waals surface area contributed by atoms with Gasteiger partial charge in [0, 0.05) is 19.3 Å². The minimum Gasteiger partial charge on any atom is -0.369 e. The van der Waals surface area contributed by atoms with Crippen LogP contribution < -0.4 is 10.6 Å². The molecule has 0 spiro atoms. The summed E-state index contributed by atoms with van der Waals surface area (Å²) in [4.78, 5) is 26.0. The Labute approximate surface area is 178 Å². The van der Waals surface area contributed by atoms with Crippen molar-refractivity contribution in [1.29, 1.82) is 0 Å². The first kappa shape index (κ1) is 21.4. The van der Waals surface area contributed by atoms with E-state index >= 15 is 0 Å². The van der Waals surface area contributed by atoms with Gasteiger partial charge in [0.2, 0.25) is 0 Å². The molecule has 0 aliphatic carbocycles. The van der Waals surface area contributed by atoms with Crippen molar-refractivity contribution < 1.29 is 4.79 Å². The van der Waals surface area contributed by atoms with Crippen LogP contribution in [0, 0.1) is 0 Å². The molecule has 0 atom stereocenters. The quantitative estimate of drug-likeness (QED) is 0.373. The molecule has 2 N–H and O–H groups in total. The minimum absolute atomic E-state index is 0.138. The summed E-state index contributed by atoms with van der Waals surface area (Å²) in [7, 11) is 0. The average Bonchev–Trinajstić information content (AvgIpc) is 3.15. The van der Waals surface area contributed by atoms with Crippen molar-refractivity contribution in [2.45, 2.75) is 37.0 Å². The van der Waals surface area contributed by atoms with Crippen molar-refractivity contribution in [1.82, 2.24) is 30.0 Å². The maximum Gasteiger partial charge on any atom is 0.254 e. The Hall–Kier alpha value is -2.33. The number of thioether (sulfide) groups is 2. The van der Waals surface area contributed by atoms with E-state index in [4.69, 9.17) is 0 Å². The summed E-state index contributed by atoms with van der Waals surface area (Å²) in [6.45, 7) is 5.99. The number of carbonyl (C=O) groups is 1. The van der Waals surface area contributed by atoms with Gasteiger partial charge in [-0.05, 0) is 30.6 Å². The fraction of sp³-hybridized carbons (Fsp3) is 0.421. The zero-order valence-electron chi connectivity index (χ0n) is 16.8. The van der Waals surface area contributed by atoms with Crippen molar-refractivity contribution >= 4 is 46.3 Å². The van der Waals surface area contributed by atoms with Gasteiger partial charge in [0.25, 0.3) is 5.91 Å². The van der Waals surface area contributed by atoms with Gasteiger partial charge in [-0.15, -0.1) is 11.8 Å². The second kappa shape index (κ2) is 10.4. The van der Waals surface area contributed by atoms with Gasteiger partial charge < -0.3 is 10.6 Å². The summed E-state index contributed by atoms with van der Waals surface area (Å²) in [6.07, 6.45) is 6.38. The Kier molecular flexibility index (Phi) is 7.70. The summed E-state index contributed by atoms with van der Waals surface area (Å²) in [5.41, 5.74) is 1.36. The van der Waals surface area contributed by atoms with Crippen molar-refractivity contribution in [3.8, 4) is 0 Å². The largest absolute Gasteiger partial charge is 0.369 e. The van der Waals surface area contributed by atoms with E-state index in [-0.39, 0.29) is 5.91 Å². The summed E-state index contributed by atoms with van der Waals surface area (Å²) in [6, 6.07) is 3.55. The summed E-state index contributed by atoms with van der Waals surface area (Å²) < 4.78 is 1.81. The Morgan fingerprint density at radius 1 is 1.24 bits per heavy atom. The second-order valence-electron chi connectivity index (χ2n) is 6.14. The molecule has 0 saturated carbocycles. The Balaban J connectivity index is 1.74. The van der Waals surface area contributed by atoms with Crippen molar-refractivity contribution in [3.63, 3.8) is 0 Å². The maximum absolute atomic E-state index is 12.5. The molecule has 1 amide bonds. The number of rotatable bonds is 10. The van der Waals surface area contributed by atoms with Crippen LogP contribution in [0.3, 0.4) is 0 Å². The average molecular weight is 432 g/mol. The van der Waals surface area contributed by atoms with Crippen LogP contribution in [-0.2, 0) is 6.54 Å². The molecule has 0 aromatic carbocycles. The Bertz CT molecular complexity index is 976. The smallest absolute Gasteiger partial charge is 0.254 e. The summed E-state index contributed by atoms with van der Waals surface area (Å²) in [5.74, 6) is 1.57. The molecule has 0 aliphatic heterocycles. The number of fused-ring (bicyclic) bond motifs is 1. The number of nitrogens with zero attached hydrogens (tertiary/aromatic N) is 5. The molecule has 0 unspecified atom stereocenters. The first-order valence-electron chi connectivity index (χ1n) is 9.55. The van der Waals surface area contributed by atoms with Crippen LogP contribution >= 0.6 is 23.5 Å². The predicted molar refractivity (Wildman–Crippen MR) is 119 cm³/mol. The van der Waals surface area contributed by atoms with E-state index in [0.29, 0.717) is 18.7 Å². The van der Waals surface area contributed by atoms with Crippen LogP contribution in [0.2, 0.25) is 0 Å². The highest BCUT2D eigenvalue weighted by Gasteiger charge is 2.14. The summed E-state index contributed by atoms with van der Waals surface area (Å²) in [5, 5.41) is 13.1. The number of amides is 1. The molecule has 3 aromatic rings. The lowest BCUT2D eigenvalue weighted by atomic mass is 10.2. The number of carbonyl (C=O) groups excluding carboxylic acids is 1. The number of pyridine rings is 1. The minimum atomic E-state index is -0.138. The Morgan fingerprint density at radius 3 is 2.86 bits per heavy atom. The standard InChI is InChI=1S/C19H25N7OS2/c1-4-8-20-15-14-12-23-26(16(14)25-19(24-15)29-5-2)11-10-21-17(27)13-7-6-9-22-18(13)28-3/h6-7,9,12H,4-5,8,10-11H2,1-3H3,(H,21,27)(H,20,24,25). The number of aromatic nitrogens is 5. The third-order valence-electron chi connectivity index (χ3n) is 4.11. The van der Waals surface area contributed by atoms with Gasteiger partial charge >= 0.3 is 0 Å². The fourth-order valence-corrected chi connectivity index (χ4v) is 3.88. The number of hydrogen-bond acceptors (Lipinski definition) is 8. The molecule has 10 heteroatoms. The van der Waals surface area contributed by atoms with Crippen molar-refractivity contribution in [2.24, 2.45) is 0 Å². The number of hydrogen-bond donors (Lipinski definition) is 2. The van der Waals surface area contributed by atoms with Gasteiger partial charge in [-0.2, -0.15) is 5.10 Å². The molecule has 0 saturated heterocycles. The van der Waals surface area contributed by atoms with E-state index in [0.717, 1.165) is 45.8 Å². The van der Waals surface area contributed by atoms with E-state index < -0.39 is 0 Å². The van der Waals surface area contributed by atoms with E-state index in [9.17, 15) is 4.79 Å². The normalized spacial score (nSPS) is 11.0. The van der Waals surface area contributed by atoms with E-state index in [1.54, 1.807) is 36.3 Å². The third kappa shape index (κ3) is 5.18. The molecular formula is C19H25N7OS2. The first-order valence-corrected chi connectivity index (χ1v) is 11.8. The molecule has 0 aliphatic rings. The predicted octanol–water partition coefficient (Wildman–Crippen LogP) is 3.31. The molecule has 3 heterocycles. The number of anilines is 1. The molecule has 0 bridgehead atoms. The van der Waals surface area contributed by atoms with E-state index in [1.807, 2.05) is 10.9 Å². The third-order valence-corrected chi connectivity index (χ3v) is 5.55. The molecule has 0 radical (unpaired) electrons. The molecule has 8 nitrogen and oxygen atoms in total. The van der Waals surface area contributed by atoms with E-state index in [1.165, 1.54) is 11.8 Å². The van der Waals surface area contributed by atoms with Crippen LogP contribution in [0.5, 0.6) is 0 Å². The van der Waals surface area contributed by atoms with E-state index in [2.05, 4.69) is 44.5 Å². The maximum atomic E-state index is 12.5. The zero-order chi connectivity index (χ0) is 20.6. The van der Waals surface area contributed by atoms with Gasteiger partial charge in [-0.3, -0.25) is 4.79 Å². The van der Waals surface area contributed by atoms with Crippen molar-refractivity contribution in [3.05, 3.63) is 30.1 Å². The van der Waals surface area contributed by atoms with Crippen LogP contribution in [0.25, 0.3) is 11.0 Å². The Morgan fingerprint density at radius 2 is 2.10 bits per heavy atom. The summed E-state index contributed by atoms with van der Waals surface area (Å²) >= 11 is 3.05. The van der Waals surface area contributed by atoms with Gasteiger partial charge in [-0.1, -0.05) is 25.6 Å². The molecular weight excluding hydrogens is 406 g/mol. The molecule has 29 heavy (non-hydrogen) atoms. The highest BCUT2D eigenvalue weighted by Crippen LogP contribution is 2.24. The van der Waals surface area contributed by atoms with Crippen LogP contribution in [0.15, 0.2) is 34.7 Å². The zero-order valence-corrected chi connectivity index (χ0v) is 18.4. The fourth-order valence-electron chi connectivity index (χ4n) is 2.77. The second-order valence-corrected chi connectivity index (χ2v) is 8.16. The molecule has 0 fully saturated rings. The molecule has 154 valence electrons. The SMILES string of the molecule is CCCNc1nc(SCC)nc2c1cnn2CCNC(=O)c1cccnc1SC. The highest BCUT2D eigenvalue weighted by molar-refractivity contribution is 7.99. The lowest BCUT2D eigenvalue weighted by Crippen LogP contribution is -2.28. The van der Waals surface area contributed by atoms with Crippen LogP contribution in [0.4, 0.5) is 5.82 Å². The monoisotopic (exact) mass is 431 g/mol. The van der Waals surface area contributed by atoms with Crippen LogP contribution in [0.1, 0.15) is 30.6 Å². The first-order chi connectivity index (χ1) is 14.2. The molecule has 3 rings (SSSR count). The number of nitrogens with one attached hydrogen (secondary N) is 2. The lowest BCUT2D eigenvalue weighted by Gasteiger charge is -2.10. The lowest BCUT2D eigenvalue weighted by molar-refractivity contribution is 0.0948. The van der Waals surface area contributed by atoms with Gasteiger partial charge in [0.1, 0.15) is 10.8 Å². The van der Waals surface area contributed by atoms with Crippen LogP contribution in [-0.4, -0.2) is 55.7 Å². The highest BCUT2D eigenvalue weighted by atomic mass is 32.2. The topological polar surface area (TPSA) is 97.6 Å². The molecule has 3 aromatic heterocycles. The van der Waals surface area contributed by atoms with Gasteiger partial charge in [0.05, 0.1) is 23.7 Å². The van der Waals surface area contributed by atoms with Crippen molar-refractivity contribution in [2.75, 3.05) is 30.4 Å². The van der Waals surface area contributed by atoms with Gasteiger partial charge in [0.15, 0.2) is 10.8 Å².